The van der Waals surface area contributed by atoms with Gasteiger partial charge in [-0.1, -0.05) is 370 Å². The summed E-state index contributed by atoms with van der Waals surface area (Å²) < 4.78 is 33.2. The Bertz CT molecular complexity index is 1590. The molecule has 3 N–H and O–H groups in total. The molecule has 0 rings (SSSR count). The van der Waals surface area contributed by atoms with Crippen molar-refractivity contribution >= 4 is 19.8 Å². The number of ether oxygens (including phenoxy) is 2. The first-order valence-electron chi connectivity index (χ1n) is 37.3. The summed E-state index contributed by atoms with van der Waals surface area (Å²) in [5.41, 5.74) is 5.41. The molecule has 0 aromatic rings. The number of nitrogens with two attached hydrogens (primary N) is 1. The number of phosphoric acid groups is 1. The molecule has 10 heteroatoms. The van der Waals surface area contributed by atoms with E-state index in [9.17, 15) is 19.0 Å². The molecule has 0 aromatic heterocycles. The van der Waals surface area contributed by atoms with Crippen LogP contribution in [-0.2, 0) is 32.7 Å². The van der Waals surface area contributed by atoms with Crippen molar-refractivity contribution in [3.8, 4) is 0 Å². The number of esters is 2. The lowest BCUT2D eigenvalue weighted by atomic mass is 10.0. The van der Waals surface area contributed by atoms with E-state index in [0.717, 1.165) is 64.2 Å². The van der Waals surface area contributed by atoms with Crippen LogP contribution in [0.1, 0.15) is 380 Å². The fourth-order valence-electron chi connectivity index (χ4n) is 11.2. The van der Waals surface area contributed by atoms with Crippen LogP contribution in [0.4, 0.5) is 0 Å². The van der Waals surface area contributed by atoms with Crippen molar-refractivity contribution in [2.24, 2.45) is 5.73 Å². The minimum atomic E-state index is -4.39. The van der Waals surface area contributed by atoms with E-state index in [1.807, 2.05) is 0 Å². The summed E-state index contributed by atoms with van der Waals surface area (Å²) in [5, 5.41) is 0. The summed E-state index contributed by atoms with van der Waals surface area (Å²) >= 11 is 0. The maximum Gasteiger partial charge on any atom is 0.472 e. The van der Waals surface area contributed by atoms with Crippen LogP contribution >= 0.6 is 7.82 Å². The number of allylic oxidation sites excluding steroid dienone is 10. The molecular formula is C76H142NO8P. The first kappa shape index (κ1) is 83.7. The number of phosphoric ester groups is 1. The summed E-state index contributed by atoms with van der Waals surface area (Å²) in [5.74, 6) is -0.803. The van der Waals surface area contributed by atoms with E-state index in [4.69, 9.17) is 24.3 Å². The van der Waals surface area contributed by atoms with Gasteiger partial charge in [-0.3, -0.25) is 18.6 Å². The van der Waals surface area contributed by atoms with Gasteiger partial charge in [0.15, 0.2) is 6.10 Å². The third kappa shape index (κ3) is 70.8. The number of carbonyl (C=O) groups is 2. The molecular weight excluding hydrogens is 1090 g/mol. The van der Waals surface area contributed by atoms with Crippen LogP contribution in [-0.4, -0.2) is 49.3 Å². The van der Waals surface area contributed by atoms with E-state index in [1.165, 1.54) is 283 Å². The van der Waals surface area contributed by atoms with Gasteiger partial charge in [0.05, 0.1) is 13.2 Å². The van der Waals surface area contributed by atoms with E-state index in [-0.39, 0.29) is 38.6 Å². The van der Waals surface area contributed by atoms with Gasteiger partial charge in [-0.05, 0) is 57.8 Å². The van der Waals surface area contributed by atoms with Crippen LogP contribution in [0.5, 0.6) is 0 Å². The molecule has 504 valence electrons. The highest BCUT2D eigenvalue weighted by atomic mass is 31.2. The van der Waals surface area contributed by atoms with Crippen molar-refractivity contribution < 1.29 is 37.6 Å². The highest BCUT2D eigenvalue weighted by Gasteiger charge is 2.26. The third-order valence-electron chi connectivity index (χ3n) is 16.7. The van der Waals surface area contributed by atoms with Crippen LogP contribution < -0.4 is 5.73 Å². The van der Waals surface area contributed by atoms with Crippen molar-refractivity contribution in [1.29, 1.82) is 0 Å². The molecule has 0 saturated carbocycles. The Hall–Kier alpha value is -2.29. The first-order valence-corrected chi connectivity index (χ1v) is 38.8. The average Bonchev–Trinajstić information content (AvgIpc) is 3.55. The first-order chi connectivity index (χ1) is 42.3. The molecule has 0 aliphatic heterocycles. The van der Waals surface area contributed by atoms with Crippen molar-refractivity contribution in [2.45, 2.75) is 386 Å². The van der Waals surface area contributed by atoms with Crippen LogP contribution in [0.3, 0.4) is 0 Å². The molecule has 0 radical (unpaired) electrons. The van der Waals surface area contributed by atoms with Gasteiger partial charge in [0.25, 0.3) is 0 Å². The zero-order valence-electron chi connectivity index (χ0n) is 56.8. The Balaban J connectivity index is 3.77. The van der Waals surface area contributed by atoms with Gasteiger partial charge in [-0.15, -0.1) is 0 Å². The number of hydrogen-bond donors (Lipinski definition) is 2. The Morgan fingerprint density at radius 2 is 0.640 bits per heavy atom. The third-order valence-corrected chi connectivity index (χ3v) is 17.7. The predicted octanol–water partition coefficient (Wildman–Crippen LogP) is 24.6. The van der Waals surface area contributed by atoms with Crippen molar-refractivity contribution in [1.82, 2.24) is 0 Å². The summed E-state index contributed by atoms with van der Waals surface area (Å²) in [4.78, 5) is 35.4. The van der Waals surface area contributed by atoms with Gasteiger partial charge in [-0.25, -0.2) is 4.57 Å². The zero-order valence-corrected chi connectivity index (χ0v) is 57.7. The zero-order chi connectivity index (χ0) is 62.3. The van der Waals surface area contributed by atoms with Gasteiger partial charge in [0.1, 0.15) is 6.61 Å². The normalized spacial score (nSPS) is 13.2. The van der Waals surface area contributed by atoms with Crippen LogP contribution in [0.25, 0.3) is 0 Å². The monoisotopic (exact) mass is 1230 g/mol. The lowest BCUT2D eigenvalue weighted by Gasteiger charge is -2.19. The molecule has 9 nitrogen and oxygen atoms in total. The largest absolute Gasteiger partial charge is 0.472 e. The van der Waals surface area contributed by atoms with E-state index in [2.05, 4.69) is 74.6 Å². The lowest BCUT2D eigenvalue weighted by Crippen LogP contribution is -2.29. The minimum absolute atomic E-state index is 0.0559. The molecule has 0 fully saturated rings. The highest BCUT2D eigenvalue weighted by molar-refractivity contribution is 7.47. The average molecular weight is 1230 g/mol. The maximum absolute atomic E-state index is 12.8. The Morgan fingerprint density at radius 1 is 0.360 bits per heavy atom. The molecule has 0 aliphatic carbocycles. The predicted molar refractivity (Wildman–Crippen MR) is 372 cm³/mol. The van der Waals surface area contributed by atoms with E-state index in [0.29, 0.717) is 6.42 Å². The number of unbranched alkanes of at least 4 members (excludes halogenated alkanes) is 48. The molecule has 0 spiro atoms. The second-order valence-electron chi connectivity index (χ2n) is 25.1. The Labute approximate surface area is 533 Å². The molecule has 0 saturated heterocycles. The lowest BCUT2D eigenvalue weighted by molar-refractivity contribution is -0.161. The van der Waals surface area contributed by atoms with E-state index >= 15 is 0 Å². The molecule has 2 atom stereocenters. The minimum Gasteiger partial charge on any atom is -0.462 e. The quantitative estimate of drug-likeness (QED) is 0.0264. The SMILES string of the molecule is CC/C=C\C/C=C\C/C=C\C/C=C\C/C=C\CCCCCCCCCCCCCCCCCCCCCCCCCC(=O)OC(COC(=O)CCCCCCCCCCCCCCCCCCCCCCCCCCCC)COP(=O)(O)OCCN. The van der Waals surface area contributed by atoms with Gasteiger partial charge in [0, 0.05) is 19.4 Å². The fourth-order valence-corrected chi connectivity index (χ4v) is 12.0. The number of hydrogen-bond acceptors (Lipinski definition) is 8. The molecule has 0 aromatic carbocycles. The summed E-state index contributed by atoms with van der Waals surface area (Å²) in [6.45, 7) is 3.71. The van der Waals surface area contributed by atoms with Gasteiger partial charge >= 0.3 is 19.8 Å². The Kier molecular flexibility index (Phi) is 69.9. The molecule has 0 amide bonds. The molecule has 0 heterocycles. The smallest absolute Gasteiger partial charge is 0.462 e. The standard InChI is InChI=1S/C76H142NO8P/c1-3-5-7-9-11-13-15-17-19-21-23-25-27-29-31-32-33-34-35-36-37-38-39-40-41-42-43-45-47-49-51-53-55-57-59-61-63-65-67-69-76(79)85-74(73-84-86(80,81)83-71-70-77)72-82-75(78)68-66-64-62-60-58-56-54-52-50-48-46-44-30-28-26-24-22-20-18-16-14-12-10-8-6-4-2/h5,7,11,13,17,19,23,25,29,31,74H,3-4,6,8-10,12,14-16,18,20-22,24,26-28,30,32-73,77H2,1-2H3,(H,80,81)/b7-5-,13-11-,19-17-,25-23-,31-29-. The van der Waals surface area contributed by atoms with Crippen molar-refractivity contribution in [2.75, 3.05) is 26.4 Å². The summed E-state index contributed by atoms with van der Waals surface area (Å²) in [7, 11) is -4.39. The van der Waals surface area contributed by atoms with Crippen LogP contribution in [0.2, 0.25) is 0 Å². The molecule has 0 bridgehead atoms. The topological polar surface area (TPSA) is 134 Å². The maximum atomic E-state index is 12.8. The van der Waals surface area contributed by atoms with Gasteiger partial charge in [-0.2, -0.15) is 0 Å². The summed E-state index contributed by atoms with van der Waals surface area (Å²) in [6.07, 6.45) is 93.4. The van der Waals surface area contributed by atoms with Crippen LogP contribution in [0.15, 0.2) is 60.8 Å². The van der Waals surface area contributed by atoms with Crippen molar-refractivity contribution in [3.63, 3.8) is 0 Å². The molecule has 2 unspecified atom stereocenters. The summed E-state index contributed by atoms with van der Waals surface area (Å²) in [6, 6.07) is 0. The highest BCUT2D eigenvalue weighted by Crippen LogP contribution is 2.43. The van der Waals surface area contributed by atoms with E-state index in [1.54, 1.807) is 0 Å². The van der Waals surface area contributed by atoms with Crippen LogP contribution in [0, 0.1) is 0 Å². The van der Waals surface area contributed by atoms with Crippen molar-refractivity contribution in [3.05, 3.63) is 60.8 Å². The van der Waals surface area contributed by atoms with E-state index < -0.39 is 26.5 Å². The van der Waals surface area contributed by atoms with Gasteiger partial charge in [0.2, 0.25) is 0 Å². The second-order valence-corrected chi connectivity index (χ2v) is 26.6. The van der Waals surface area contributed by atoms with Gasteiger partial charge < -0.3 is 20.1 Å². The fraction of sp³-hybridized carbons (Fsp3) is 0.842. The number of carbonyl (C=O) groups excluding carboxylic acids is 2. The molecule has 86 heavy (non-hydrogen) atoms. The Morgan fingerprint density at radius 3 is 0.953 bits per heavy atom. The second kappa shape index (κ2) is 71.8. The number of rotatable bonds is 71. The molecule has 0 aliphatic rings.